The maximum atomic E-state index is 5.49. The van der Waals surface area contributed by atoms with Crippen LogP contribution in [-0.2, 0) is 5.41 Å². The van der Waals surface area contributed by atoms with Crippen LogP contribution < -0.4 is 10.1 Å². The Hall–Kier alpha value is -1.87. The van der Waals surface area contributed by atoms with Crippen molar-refractivity contribution in [1.29, 1.82) is 0 Å². The number of fused-ring (bicyclic) bond motifs is 2. The zero-order chi connectivity index (χ0) is 15.0. The van der Waals surface area contributed by atoms with E-state index >= 15 is 0 Å². The van der Waals surface area contributed by atoms with Gasteiger partial charge >= 0.3 is 0 Å². The summed E-state index contributed by atoms with van der Waals surface area (Å²) < 4.78 is 5.49. The molecule has 0 amide bonds. The Morgan fingerprint density at radius 2 is 1.91 bits per heavy atom. The minimum atomic E-state index is 0.259. The van der Waals surface area contributed by atoms with Crippen LogP contribution in [0.1, 0.15) is 48.4 Å². The van der Waals surface area contributed by atoms with Crippen LogP contribution in [0.25, 0.3) is 0 Å². The number of rotatable bonds is 2. The number of hydrogen-bond donors (Lipinski definition) is 1. The Kier molecular flexibility index (Phi) is 3.38. The normalized spacial score (nSPS) is 22.5. The fourth-order valence-electron chi connectivity index (χ4n) is 4.23. The maximum Gasteiger partial charge on any atom is 0.119 e. The van der Waals surface area contributed by atoms with E-state index in [9.17, 15) is 0 Å². The van der Waals surface area contributed by atoms with Crippen molar-refractivity contribution in [2.45, 2.75) is 37.1 Å². The summed E-state index contributed by atoms with van der Waals surface area (Å²) in [6.07, 6.45) is 8.98. The van der Waals surface area contributed by atoms with E-state index in [2.05, 4.69) is 40.6 Å². The summed E-state index contributed by atoms with van der Waals surface area (Å²) in [5, 5.41) is 3.79. The first-order chi connectivity index (χ1) is 10.8. The highest BCUT2D eigenvalue weighted by Crippen LogP contribution is 2.47. The molecule has 1 aromatic carbocycles. The quantitative estimate of drug-likeness (QED) is 0.919. The molecule has 1 unspecified atom stereocenters. The van der Waals surface area contributed by atoms with Gasteiger partial charge in [0.25, 0.3) is 0 Å². The summed E-state index contributed by atoms with van der Waals surface area (Å²) in [5.41, 5.74) is 4.48. The minimum absolute atomic E-state index is 0.259. The smallest absolute Gasteiger partial charge is 0.119 e. The molecule has 0 saturated heterocycles. The van der Waals surface area contributed by atoms with Crippen LogP contribution in [0.4, 0.5) is 0 Å². The molecule has 22 heavy (non-hydrogen) atoms. The predicted octanol–water partition coefficient (Wildman–Crippen LogP) is 3.59. The molecule has 1 aromatic heterocycles. The van der Waals surface area contributed by atoms with Gasteiger partial charge in [0.15, 0.2) is 0 Å². The van der Waals surface area contributed by atoms with Crippen molar-refractivity contribution in [2.75, 3.05) is 13.7 Å². The molecule has 0 radical (unpaired) electrons. The highest BCUT2D eigenvalue weighted by molar-refractivity contribution is 5.48. The van der Waals surface area contributed by atoms with E-state index in [-0.39, 0.29) is 6.04 Å². The Balaban J connectivity index is 1.84. The van der Waals surface area contributed by atoms with Gasteiger partial charge in [-0.1, -0.05) is 18.9 Å². The molecule has 1 spiro atoms. The van der Waals surface area contributed by atoms with E-state index < -0.39 is 0 Å². The van der Waals surface area contributed by atoms with E-state index in [0.717, 1.165) is 12.3 Å². The van der Waals surface area contributed by atoms with Crippen molar-refractivity contribution in [1.82, 2.24) is 10.3 Å². The largest absolute Gasteiger partial charge is 0.497 e. The lowest BCUT2D eigenvalue weighted by Gasteiger charge is -2.41. The predicted molar refractivity (Wildman–Crippen MR) is 87.2 cm³/mol. The third-order valence-corrected chi connectivity index (χ3v) is 5.39. The maximum absolute atomic E-state index is 5.49. The van der Waals surface area contributed by atoms with Crippen LogP contribution in [0.15, 0.2) is 42.7 Å². The molecule has 1 N–H and O–H groups in total. The molecule has 3 heteroatoms. The summed E-state index contributed by atoms with van der Waals surface area (Å²) in [6.45, 7) is 1.06. The number of ether oxygens (including phenoxy) is 1. The third kappa shape index (κ3) is 2.12. The second kappa shape index (κ2) is 5.40. The zero-order valence-electron chi connectivity index (χ0n) is 13.0. The number of nitrogens with zero attached hydrogens (tertiary/aromatic N) is 1. The summed E-state index contributed by atoms with van der Waals surface area (Å²) in [6, 6.07) is 11.1. The molecule has 1 atom stereocenters. The Labute approximate surface area is 131 Å². The topological polar surface area (TPSA) is 34.1 Å². The average Bonchev–Trinajstić information content (AvgIpc) is 3.05. The van der Waals surface area contributed by atoms with Gasteiger partial charge in [0.1, 0.15) is 5.75 Å². The Morgan fingerprint density at radius 3 is 2.64 bits per heavy atom. The highest BCUT2D eigenvalue weighted by Gasteiger charge is 2.42. The summed E-state index contributed by atoms with van der Waals surface area (Å²) in [4.78, 5) is 4.15. The van der Waals surface area contributed by atoms with Gasteiger partial charge in [-0.2, -0.15) is 0 Å². The lowest BCUT2D eigenvalue weighted by atomic mass is 9.71. The standard InChI is InChI=1S/C19H22N2O/c1-22-15-4-5-16-17(12-15)19(8-2-3-9-19)13-21-18(16)14-6-10-20-11-7-14/h4-7,10-12,18,21H,2-3,8-9,13H2,1H3. The molecule has 1 aliphatic heterocycles. The summed E-state index contributed by atoms with van der Waals surface area (Å²) >= 11 is 0. The first-order valence-electron chi connectivity index (χ1n) is 8.14. The number of methoxy groups -OCH3 is 1. The molecule has 2 aromatic rings. The minimum Gasteiger partial charge on any atom is -0.497 e. The first-order valence-corrected chi connectivity index (χ1v) is 8.14. The molecular formula is C19H22N2O. The molecule has 3 nitrogen and oxygen atoms in total. The van der Waals surface area contributed by atoms with Crippen LogP contribution in [0.2, 0.25) is 0 Å². The van der Waals surface area contributed by atoms with Gasteiger partial charge in [0.2, 0.25) is 0 Å². The molecule has 1 fully saturated rings. The average molecular weight is 294 g/mol. The second-order valence-corrected chi connectivity index (χ2v) is 6.54. The van der Waals surface area contributed by atoms with Crippen molar-refractivity contribution in [3.63, 3.8) is 0 Å². The van der Waals surface area contributed by atoms with E-state index in [4.69, 9.17) is 4.74 Å². The fraction of sp³-hybridized carbons (Fsp3) is 0.421. The summed E-state index contributed by atoms with van der Waals surface area (Å²) in [5.74, 6) is 0.973. The lowest BCUT2D eigenvalue weighted by molar-refractivity contribution is 0.352. The van der Waals surface area contributed by atoms with Gasteiger partial charge in [-0.3, -0.25) is 4.98 Å². The molecule has 114 valence electrons. The lowest BCUT2D eigenvalue weighted by Crippen LogP contribution is -2.44. The Bertz CT molecular complexity index is 662. The van der Waals surface area contributed by atoms with E-state index in [0.29, 0.717) is 5.41 Å². The van der Waals surface area contributed by atoms with E-state index in [1.165, 1.54) is 42.4 Å². The molecule has 1 aliphatic carbocycles. The second-order valence-electron chi connectivity index (χ2n) is 6.54. The third-order valence-electron chi connectivity index (χ3n) is 5.39. The molecule has 2 heterocycles. The van der Waals surface area contributed by atoms with Gasteiger partial charge in [0.05, 0.1) is 13.2 Å². The first kappa shape index (κ1) is 13.8. The monoisotopic (exact) mass is 294 g/mol. The molecule has 4 rings (SSSR count). The summed E-state index contributed by atoms with van der Waals surface area (Å²) in [7, 11) is 1.75. The molecule has 1 saturated carbocycles. The van der Waals surface area contributed by atoms with E-state index in [1.54, 1.807) is 7.11 Å². The van der Waals surface area contributed by atoms with Crippen LogP contribution >= 0.6 is 0 Å². The number of benzene rings is 1. The Morgan fingerprint density at radius 1 is 1.14 bits per heavy atom. The highest BCUT2D eigenvalue weighted by atomic mass is 16.5. The molecule has 0 bridgehead atoms. The SMILES string of the molecule is COc1ccc2c(c1)C1(CCCC1)CNC2c1ccncc1. The van der Waals surface area contributed by atoms with Crippen molar-refractivity contribution in [3.05, 3.63) is 59.4 Å². The molecular weight excluding hydrogens is 272 g/mol. The fourth-order valence-corrected chi connectivity index (χ4v) is 4.23. The van der Waals surface area contributed by atoms with Crippen LogP contribution in [0, 0.1) is 0 Å². The van der Waals surface area contributed by atoms with Gasteiger partial charge in [0, 0.05) is 24.4 Å². The van der Waals surface area contributed by atoms with Gasteiger partial charge < -0.3 is 10.1 Å². The van der Waals surface area contributed by atoms with Crippen molar-refractivity contribution >= 4 is 0 Å². The van der Waals surface area contributed by atoms with Crippen molar-refractivity contribution in [2.24, 2.45) is 0 Å². The van der Waals surface area contributed by atoms with Crippen molar-refractivity contribution < 1.29 is 4.74 Å². The number of aromatic nitrogens is 1. The van der Waals surface area contributed by atoms with Crippen LogP contribution in [0.5, 0.6) is 5.75 Å². The van der Waals surface area contributed by atoms with Gasteiger partial charge in [-0.25, -0.2) is 0 Å². The van der Waals surface area contributed by atoms with Gasteiger partial charge in [-0.05, 0) is 53.8 Å². The number of nitrogens with one attached hydrogen (secondary N) is 1. The zero-order valence-corrected chi connectivity index (χ0v) is 13.0. The molecule has 2 aliphatic rings. The van der Waals surface area contributed by atoms with E-state index in [1.807, 2.05) is 12.4 Å². The number of pyridine rings is 1. The number of hydrogen-bond acceptors (Lipinski definition) is 3. The van der Waals surface area contributed by atoms with Gasteiger partial charge in [-0.15, -0.1) is 0 Å². The van der Waals surface area contributed by atoms with Crippen LogP contribution in [0.3, 0.4) is 0 Å². The van der Waals surface area contributed by atoms with Crippen molar-refractivity contribution in [3.8, 4) is 5.75 Å². The van der Waals surface area contributed by atoms with Crippen LogP contribution in [-0.4, -0.2) is 18.6 Å².